The summed E-state index contributed by atoms with van der Waals surface area (Å²) in [6.07, 6.45) is 8.01. The second kappa shape index (κ2) is 6.25. The number of hydrogen-bond donors (Lipinski definition) is 1. The summed E-state index contributed by atoms with van der Waals surface area (Å²) in [6, 6.07) is 0.777. The van der Waals surface area contributed by atoms with Gasteiger partial charge in [-0.25, -0.2) is 4.98 Å². The van der Waals surface area contributed by atoms with Crippen LogP contribution in [0.2, 0.25) is 0 Å². The maximum Gasteiger partial charge on any atom is 0.185 e. The molecule has 2 fully saturated rings. The first-order valence-electron chi connectivity index (χ1n) is 8.60. The maximum atomic E-state index is 4.84. The number of anilines is 1. The summed E-state index contributed by atoms with van der Waals surface area (Å²) in [6.45, 7) is 10.3. The van der Waals surface area contributed by atoms with E-state index in [1.807, 2.05) is 11.3 Å². The van der Waals surface area contributed by atoms with E-state index < -0.39 is 0 Å². The van der Waals surface area contributed by atoms with Crippen molar-refractivity contribution in [3.05, 3.63) is 10.6 Å². The van der Waals surface area contributed by atoms with E-state index in [1.54, 1.807) is 0 Å². The largest absolute Gasteiger partial charge is 0.348 e. The Hall–Kier alpha value is -0.610. The monoisotopic (exact) mass is 307 g/mol. The zero-order chi connectivity index (χ0) is 14.9. The van der Waals surface area contributed by atoms with Crippen LogP contribution in [0.1, 0.15) is 62.9 Å². The van der Waals surface area contributed by atoms with E-state index in [2.05, 4.69) is 31.0 Å². The lowest BCUT2D eigenvalue weighted by Crippen LogP contribution is -2.39. The van der Waals surface area contributed by atoms with Gasteiger partial charge in [0.1, 0.15) is 0 Å². The van der Waals surface area contributed by atoms with Gasteiger partial charge in [-0.2, -0.15) is 0 Å². The molecule has 1 aliphatic carbocycles. The third-order valence-corrected chi connectivity index (χ3v) is 6.82. The molecule has 0 spiro atoms. The van der Waals surface area contributed by atoms with Crippen molar-refractivity contribution in [2.45, 2.75) is 71.9 Å². The number of nitrogens with zero attached hydrogens (tertiary/aromatic N) is 2. The van der Waals surface area contributed by atoms with Crippen molar-refractivity contribution in [3.8, 4) is 0 Å². The average Bonchev–Trinajstić information content (AvgIpc) is 3.28. The third-order valence-electron chi connectivity index (χ3n) is 5.60. The van der Waals surface area contributed by atoms with Gasteiger partial charge in [0.2, 0.25) is 0 Å². The minimum Gasteiger partial charge on any atom is -0.348 e. The fourth-order valence-corrected chi connectivity index (χ4v) is 4.43. The summed E-state index contributed by atoms with van der Waals surface area (Å²) in [5.74, 6) is 0. The molecular weight excluding hydrogens is 278 g/mol. The Balaban J connectivity index is 1.61. The molecule has 2 heterocycles. The topological polar surface area (TPSA) is 28.2 Å². The van der Waals surface area contributed by atoms with Gasteiger partial charge in [-0.05, 0) is 38.0 Å². The SMILES string of the molecule is CCC1(CC)CCN(c2nc(C)c(CNC3CC3)s2)CC1. The van der Waals surface area contributed by atoms with Gasteiger partial charge < -0.3 is 10.2 Å². The van der Waals surface area contributed by atoms with Gasteiger partial charge in [-0.1, -0.05) is 26.7 Å². The summed E-state index contributed by atoms with van der Waals surface area (Å²) < 4.78 is 0. The molecule has 1 saturated carbocycles. The first-order valence-corrected chi connectivity index (χ1v) is 9.42. The van der Waals surface area contributed by atoms with Gasteiger partial charge >= 0.3 is 0 Å². The minimum atomic E-state index is 0.596. The Kier molecular flexibility index (Phi) is 4.55. The smallest absolute Gasteiger partial charge is 0.185 e. The normalized spacial score (nSPS) is 21.8. The van der Waals surface area contributed by atoms with Crippen LogP contribution in [0, 0.1) is 12.3 Å². The number of rotatable bonds is 6. The zero-order valence-electron chi connectivity index (χ0n) is 13.7. The number of aryl methyl sites for hydroxylation is 1. The van der Waals surface area contributed by atoms with Crippen LogP contribution in [-0.4, -0.2) is 24.1 Å². The number of thiazole rings is 1. The molecule has 3 nitrogen and oxygen atoms in total. The van der Waals surface area contributed by atoms with Crippen LogP contribution in [0.5, 0.6) is 0 Å². The molecule has 4 heteroatoms. The second-order valence-corrected chi connectivity index (χ2v) is 7.92. The van der Waals surface area contributed by atoms with Gasteiger partial charge in [0.25, 0.3) is 0 Å². The van der Waals surface area contributed by atoms with Crippen molar-refractivity contribution in [1.82, 2.24) is 10.3 Å². The van der Waals surface area contributed by atoms with Crippen LogP contribution >= 0.6 is 11.3 Å². The highest BCUT2D eigenvalue weighted by Gasteiger charge is 2.32. The maximum absolute atomic E-state index is 4.84. The lowest BCUT2D eigenvalue weighted by atomic mass is 9.74. The molecule has 0 atom stereocenters. The number of aromatic nitrogens is 1. The average molecular weight is 308 g/mol. The predicted octanol–water partition coefficient (Wildman–Crippen LogP) is 4.11. The number of hydrogen-bond acceptors (Lipinski definition) is 4. The Morgan fingerprint density at radius 2 is 1.90 bits per heavy atom. The molecule has 0 aromatic carbocycles. The minimum absolute atomic E-state index is 0.596. The van der Waals surface area contributed by atoms with E-state index in [0.29, 0.717) is 5.41 Å². The van der Waals surface area contributed by atoms with E-state index in [0.717, 1.165) is 12.6 Å². The Labute approximate surface area is 133 Å². The molecule has 118 valence electrons. The van der Waals surface area contributed by atoms with Crippen LogP contribution in [0.25, 0.3) is 0 Å². The quantitative estimate of drug-likeness (QED) is 0.857. The summed E-state index contributed by atoms with van der Waals surface area (Å²) in [7, 11) is 0. The predicted molar refractivity (Wildman–Crippen MR) is 91.2 cm³/mol. The van der Waals surface area contributed by atoms with Gasteiger partial charge in [0.05, 0.1) is 5.69 Å². The van der Waals surface area contributed by atoms with Gasteiger partial charge in [-0.3, -0.25) is 0 Å². The third kappa shape index (κ3) is 3.42. The molecule has 0 unspecified atom stereocenters. The number of piperidine rings is 1. The van der Waals surface area contributed by atoms with Crippen LogP contribution in [0.15, 0.2) is 0 Å². The number of nitrogens with one attached hydrogen (secondary N) is 1. The van der Waals surface area contributed by atoms with Gasteiger partial charge in [-0.15, -0.1) is 11.3 Å². The molecule has 21 heavy (non-hydrogen) atoms. The highest BCUT2D eigenvalue weighted by Crippen LogP contribution is 2.40. The molecule has 1 aromatic rings. The van der Waals surface area contributed by atoms with E-state index in [-0.39, 0.29) is 0 Å². The van der Waals surface area contributed by atoms with Crippen molar-refractivity contribution in [2.75, 3.05) is 18.0 Å². The Bertz CT molecular complexity index is 464. The van der Waals surface area contributed by atoms with Gasteiger partial charge in [0, 0.05) is 30.6 Å². The van der Waals surface area contributed by atoms with Crippen molar-refractivity contribution in [1.29, 1.82) is 0 Å². The Morgan fingerprint density at radius 1 is 1.24 bits per heavy atom. The second-order valence-electron chi connectivity index (χ2n) is 6.85. The summed E-state index contributed by atoms with van der Waals surface area (Å²) in [5.41, 5.74) is 1.82. The summed E-state index contributed by atoms with van der Waals surface area (Å²) >= 11 is 1.90. The molecular formula is C17H29N3S. The molecule has 1 saturated heterocycles. The van der Waals surface area contributed by atoms with E-state index in [4.69, 9.17) is 4.98 Å². The van der Waals surface area contributed by atoms with Crippen LogP contribution in [0.4, 0.5) is 5.13 Å². The van der Waals surface area contributed by atoms with Crippen molar-refractivity contribution in [2.24, 2.45) is 5.41 Å². The standard InChI is InChI=1S/C17H29N3S/c1-4-17(5-2)8-10-20(11-9-17)16-19-13(3)15(21-16)12-18-14-6-7-14/h14,18H,4-12H2,1-3H3. The molecule has 0 bridgehead atoms. The van der Waals surface area contributed by atoms with E-state index in [1.165, 1.54) is 67.3 Å². The highest BCUT2D eigenvalue weighted by atomic mass is 32.1. The van der Waals surface area contributed by atoms with Crippen LogP contribution < -0.4 is 10.2 Å². The zero-order valence-corrected chi connectivity index (χ0v) is 14.6. The summed E-state index contributed by atoms with van der Waals surface area (Å²) in [5, 5.41) is 4.86. The lowest BCUT2D eigenvalue weighted by molar-refractivity contribution is 0.199. The fourth-order valence-electron chi connectivity index (χ4n) is 3.37. The molecule has 0 radical (unpaired) electrons. The van der Waals surface area contributed by atoms with Crippen molar-refractivity contribution in [3.63, 3.8) is 0 Å². The molecule has 2 aliphatic rings. The lowest BCUT2D eigenvalue weighted by Gasteiger charge is -2.40. The molecule has 3 rings (SSSR count). The van der Waals surface area contributed by atoms with E-state index >= 15 is 0 Å². The molecule has 0 amide bonds. The van der Waals surface area contributed by atoms with E-state index in [9.17, 15) is 0 Å². The van der Waals surface area contributed by atoms with Crippen molar-refractivity contribution < 1.29 is 0 Å². The first-order chi connectivity index (χ1) is 10.2. The highest BCUT2D eigenvalue weighted by molar-refractivity contribution is 7.15. The molecule has 1 N–H and O–H groups in total. The fraction of sp³-hybridized carbons (Fsp3) is 0.824. The first kappa shape index (κ1) is 15.3. The Morgan fingerprint density at radius 3 is 2.48 bits per heavy atom. The van der Waals surface area contributed by atoms with Crippen LogP contribution in [-0.2, 0) is 6.54 Å². The summed E-state index contributed by atoms with van der Waals surface area (Å²) in [4.78, 5) is 8.78. The van der Waals surface area contributed by atoms with Gasteiger partial charge in [0.15, 0.2) is 5.13 Å². The molecule has 1 aliphatic heterocycles. The van der Waals surface area contributed by atoms with Crippen molar-refractivity contribution >= 4 is 16.5 Å². The molecule has 1 aromatic heterocycles. The van der Waals surface area contributed by atoms with Crippen LogP contribution in [0.3, 0.4) is 0 Å².